The van der Waals surface area contributed by atoms with Gasteiger partial charge in [0.15, 0.2) is 11.9 Å². The van der Waals surface area contributed by atoms with Crippen LogP contribution >= 0.6 is 0 Å². The van der Waals surface area contributed by atoms with Crippen molar-refractivity contribution in [2.24, 2.45) is 44.6 Å². The first-order chi connectivity index (χ1) is 22.6. The molecule has 17 heteroatoms. The van der Waals surface area contributed by atoms with Crippen LogP contribution in [0.25, 0.3) is 0 Å². The van der Waals surface area contributed by atoms with Crippen molar-refractivity contribution in [1.82, 2.24) is 21.3 Å². The Balaban J connectivity index is 2.28. The first kappa shape index (κ1) is 38.4. The van der Waals surface area contributed by atoms with Crippen LogP contribution in [0.15, 0.2) is 52.4 Å². The SMILES string of the molecule is CC(=O)N[C@@H](CCCN=C(N)N)C(=O)N[C@H](C(=O)N[C@@H](Cc1ccc(N=C(N)N)cc1)C(=O)NCc1ccc(C(=N)N)c(F)c1)C(C)C. The van der Waals surface area contributed by atoms with Gasteiger partial charge in [-0.25, -0.2) is 9.38 Å². The summed E-state index contributed by atoms with van der Waals surface area (Å²) in [7, 11) is 0. The molecule has 0 saturated carbocycles. The van der Waals surface area contributed by atoms with Gasteiger partial charge in [0.2, 0.25) is 23.6 Å². The molecule has 0 fully saturated rings. The molecule has 0 saturated heterocycles. The normalized spacial score (nSPS) is 12.5. The Morgan fingerprint density at radius 3 is 2.02 bits per heavy atom. The van der Waals surface area contributed by atoms with E-state index in [1.807, 2.05) is 0 Å². The summed E-state index contributed by atoms with van der Waals surface area (Å²) >= 11 is 0. The minimum Gasteiger partial charge on any atom is -0.384 e. The van der Waals surface area contributed by atoms with Gasteiger partial charge in [0.25, 0.3) is 0 Å². The van der Waals surface area contributed by atoms with Crippen LogP contribution in [0.4, 0.5) is 10.1 Å². The van der Waals surface area contributed by atoms with Gasteiger partial charge in [0.1, 0.15) is 29.8 Å². The number of nitrogens with two attached hydrogens (primary N) is 5. The monoisotopic (exact) mass is 668 g/mol. The smallest absolute Gasteiger partial charge is 0.243 e. The maximum atomic E-state index is 14.4. The van der Waals surface area contributed by atoms with Gasteiger partial charge in [-0.2, -0.15) is 0 Å². The quantitative estimate of drug-likeness (QED) is 0.0564. The van der Waals surface area contributed by atoms with Gasteiger partial charge in [-0.05, 0) is 54.2 Å². The zero-order valence-corrected chi connectivity index (χ0v) is 27.2. The second kappa shape index (κ2) is 18.4. The van der Waals surface area contributed by atoms with Gasteiger partial charge in [-0.1, -0.05) is 32.0 Å². The van der Waals surface area contributed by atoms with Crippen LogP contribution < -0.4 is 49.9 Å². The summed E-state index contributed by atoms with van der Waals surface area (Å²) in [6.07, 6.45) is 0.610. The van der Waals surface area contributed by atoms with Gasteiger partial charge in [-0.3, -0.25) is 29.6 Å². The van der Waals surface area contributed by atoms with Crippen LogP contribution in [0.5, 0.6) is 0 Å². The van der Waals surface area contributed by atoms with Crippen molar-refractivity contribution in [2.75, 3.05) is 6.54 Å². The third kappa shape index (κ3) is 12.9. The second-order valence-corrected chi connectivity index (χ2v) is 11.3. The summed E-state index contributed by atoms with van der Waals surface area (Å²) in [6.45, 7) is 4.84. The Labute approximate surface area is 278 Å². The number of benzene rings is 2. The predicted octanol–water partition coefficient (Wildman–Crippen LogP) is -0.943. The molecule has 2 rings (SSSR count). The van der Waals surface area contributed by atoms with Crippen molar-refractivity contribution in [2.45, 2.75) is 64.7 Å². The van der Waals surface area contributed by atoms with Crippen LogP contribution in [0.3, 0.4) is 0 Å². The van der Waals surface area contributed by atoms with E-state index in [1.54, 1.807) is 38.1 Å². The minimum atomic E-state index is -1.13. The molecule has 0 aromatic heterocycles. The first-order valence-electron chi connectivity index (χ1n) is 15.1. The van der Waals surface area contributed by atoms with E-state index in [9.17, 15) is 23.6 Å². The Morgan fingerprint density at radius 1 is 0.833 bits per heavy atom. The van der Waals surface area contributed by atoms with Crippen molar-refractivity contribution in [3.63, 3.8) is 0 Å². The third-order valence-corrected chi connectivity index (χ3v) is 6.94. The number of carbonyl (C=O) groups is 4. The predicted molar refractivity (Wildman–Crippen MR) is 181 cm³/mol. The fourth-order valence-electron chi connectivity index (χ4n) is 4.57. The van der Waals surface area contributed by atoms with E-state index < -0.39 is 59.3 Å². The van der Waals surface area contributed by atoms with Crippen molar-refractivity contribution in [3.05, 3.63) is 65.0 Å². The van der Waals surface area contributed by atoms with Crippen LogP contribution in [0.1, 0.15) is 50.3 Å². The molecule has 48 heavy (non-hydrogen) atoms. The van der Waals surface area contributed by atoms with Crippen molar-refractivity contribution in [3.8, 4) is 0 Å². The number of nitrogens with zero attached hydrogens (tertiary/aromatic N) is 2. The molecule has 0 aliphatic carbocycles. The molecule has 0 aliphatic heterocycles. The van der Waals surface area contributed by atoms with E-state index in [4.69, 9.17) is 34.1 Å². The zero-order chi connectivity index (χ0) is 36.0. The summed E-state index contributed by atoms with van der Waals surface area (Å²) < 4.78 is 14.4. The third-order valence-electron chi connectivity index (χ3n) is 6.94. The highest BCUT2D eigenvalue weighted by Crippen LogP contribution is 2.15. The summed E-state index contributed by atoms with van der Waals surface area (Å²) in [5.41, 5.74) is 28.4. The van der Waals surface area contributed by atoms with E-state index in [-0.39, 0.29) is 43.4 Å². The molecular weight excluding hydrogens is 623 g/mol. The highest BCUT2D eigenvalue weighted by atomic mass is 19.1. The molecule has 260 valence electrons. The number of nitrogen functional groups attached to an aromatic ring is 1. The van der Waals surface area contributed by atoms with Gasteiger partial charge in [0, 0.05) is 26.4 Å². The maximum Gasteiger partial charge on any atom is 0.243 e. The number of hydrogen-bond acceptors (Lipinski definition) is 7. The average Bonchev–Trinajstić information content (AvgIpc) is 2.99. The molecule has 4 amide bonds. The largest absolute Gasteiger partial charge is 0.384 e. The summed E-state index contributed by atoms with van der Waals surface area (Å²) in [6, 6.07) is 7.47. The molecule has 15 N–H and O–H groups in total. The van der Waals surface area contributed by atoms with Crippen molar-refractivity contribution >= 4 is 47.1 Å². The molecule has 0 spiro atoms. The fraction of sp³-hybridized carbons (Fsp3) is 0.387. The van der Waals surface area contributed by atoms with E-state index in [2.05, 4.69) is 31.3 Å². The molecule has 0 bridgehead atoms. The first-order valence-corrected chi connectivity index (χ1v) is 15.1. The Kier molecular flexibility index (Phi) is 14.8. The number of hydrogen-bond donors (Lipinski definition) is 10. The van der Waals surface area contributed by atoms with Crippen LogP contribution in [-0.4, -0.2) is 66.1 Å². The maximum absolute atomic E-state index is 14.4. The number of amidine groups is 1. The second-order valence-electron chi connectivity index (χ2n) is 11.3. The van der Waals surface area contributed by atoms with Crippen molar-refractivity contribution in [1.29, 1.82) is 5.41 Å². The lowest BCUT2D eigenvalue weighted by molar-refractivity contribution is -0.134. The summed E-state index contributed by atoms with van der Waals surface area (Å²) in [5, 5.41) is 18.2. The molecule has 0 heterocycles. The Morgan fingerprint density at radius 2 is 1.48 bits per heavy atom. The molecule has 0 radical (unpaired) electrons. The Hall–Kier alpha value is -5.74. The standard InChI is InChI=1S/C31H45FN12O4/c1-16(2)25(44-28(47)23(41-17(3)45)5-4-12-39-30(35)36)29(48)43-24(14-18-6-9-20(10-7-18)42-31(37)38)27(46)40-15-19-8-11-21(26(33)34)22(32)13-19/h6-11,13,16,23-25H,4-5,12,14-15H2,1-3H3,(H3,33,34)(H,40,46)(H,41,45)(H,43,48)(H,44,47)(H4,35,36,39)(H4,37,38,42)/t23-,24-,25-/m0/s1. The lowest BCUT2D eigenvalue weighted by Crippen LogP contribution is -2.58. The highest BCUT2D eigenvalue weighted by molar-refractivity contribution is 5.95. The Bertz CT molecular complexity index is 1520. The molecule has 3 atom stereocenters. The number of guanidine groups is 2. The number of amides is 4. The molecule has 2 aromatic rings. The van der Waals surface area contributed by atoms with Gasteiger partial charge >= 0.3 is 0 Å². The van der Waals surface area contributed by atoms with Gasteiger partial charge in [-0.15, -0.1) is 0 Å². The number of halogens is 1. The molecule has 16 nitrogen and oxygen atoms in total. The van der Waals surface area contributed by atoms with Gasteiger partial charge in [0.05, 0.1) is 11.3 Å². The zero-order valence-electron chi connectivity index (χ0n) is 27.2. The number of aliphatic imine (C=N–C) groups is 2. The van der Waals surface area contributed by atoms with E-state index >= 15 is 0 Å². The molecule has 0 unspecified atom stereocenters. The van der Waals surface area contributed by atoms with Crippen LogP contribution in [0.2, 0.25) is 0 Å². The lowest BCUT2D eigenvalue weighted by Gasteiger charge is -2.27. The van der Waals surface area contributed by atoms with Crippen molar-refractivity contribution < 1.29 is 23.6 Å². The average molecular weight is 669 g/mol. The fourth-order valence-corrected chi connectivity index (χ4v) is 4.57. The number of carbonyl (C=O) groups excluding carboxylic acids is 4. The number of nitrogens with one attached hydrogen (secondary N) is 5. The highest BCUT2D eigenvalue weighted by Gasteiger charge is 2.31. The molecular formula is C31H45FN12O4. The van der Waals surface area contributed by atoms with E-state index in [0.29, 0.717) is 23.2 Å². The lowest BCUT2D eigenvalue weighted by atomic mass is 10.00. The minimum absolute atomic E-state index is 0.0371. The summed E-state index contributed by atoms with van der Waals surface area (Å²) in [4.78, 5) is 60.0. The topological polar surface area (TPSA) is 295 Å². The van der Waals surface area contributed by atoms with Crippen LogP contribution in [0, 0.1) is 17.1 Å². The van der Waals surface area contributed by atoms with Crippen LogP contribution in [-0.2, 0) is 32.1 Å². The van der Waals surface area contributed by atoms with Gasteiger partial charge < -0.3 is 49.9 Å². The molecule has 0 aliphatic rings. The number of rotatable bonds is 17. The van der Waals surface area contributed by atoms with E-state index in [0.717, 1.165) is 6.07 Å². The van der Waals surface area contributed by atoms with E-state index in [1.165, 1.54) is 19.1 Å². The summed E-state index contributed by atoms with van der Waals surface area (Å²) in [5.74, 6) is -4.07. The molecule has 2 aromatic carbocycles.